The molecule has 1 aliphatic rings. The summed E-state index contributed by atoms with van der Waals surface area (Å²) in [4.78, 5) is 12.2. The van der Waals surface area contributed by atoms with Crippen molar-refractivity contribution in [2.75, 3.05) is 19.5 Å². The van der Waals surface area contributed by atoms with Crippen LogP contribution in [0, 0.1) is 12.7 Å². The van der Waals surface area contributed by atoms with E-state index in [1.54, 1.807) is 24.3 Å². The Bertz CT molecular complexity index is 775. The molecule has 0 radical (unpaired) electrons. The van der Waals surface area contributed by atoms with Crippen LogP contribution in [0.5, 0.6) is 11.5 Å². The number of carbonyl (C=O) groups excluding carboxylic acids is 1. The molecule has 0 aromatic heterocycles. The van der Waals surface area contributed by atoms with Gasteiger partial charge in [0.15, 0.2) is 11.5 Å². The number of nitrogens with one attached hydrogen (secondary N) is 1. The molecule has 0 saturated heterocycles. The quantitative estimate of drug-likeness (QED) is 0.876. The SMILES string of the molecule is COc1ccc2c(c1OC)C(=O)OC2Nc1cc(C)ccc1F. The summed E-state index contributed by atoms with van der Waals surface area (Å²) in [6.45, 7) is 1.85. The van der Waals surface area contributed by atoms with Gasteiger partial charge in [-0.25, -0.2) is 9.18 Å². The Morgan fingerprint density at radius 2 is 1.96 bits per heavy atom. The highest BCUT2D eigenvalue weighted by molar-refractivity contribution is 5.98. The largest absolute Gasteiger partial charge is 0.493 e. The van der Waals surface area contributed by atoms with Gasteiger partial charge < -0.3 is 19.5 Å². The van der Waals surface area contributed by atoms with Crippen molar-refractivity contribution in [3.8, 4) is 11.5 Å². The second-order valence-corrected chi connectivity index (χ2v) is 5.18. The predicted molar refractivity (Wildman–Crippen MR) is 82.5 cm³/mol. The number of aryl methyl sites for hydroxylation is 1. The minimum absolute atomic E-state index is 0.269. The Morgan fingerprint density at radius 1 is 1.17 bits per heavy atom. The van der Waals surface area contributed by atoms with Gasteiger partial charge in [0, 0.05) is 5.56 Å². The second kappa shape index (κ2) is 5.79. The molecule has 0 spiro atoms. The van der Waals surface area contributed by atoms with E-state index in [9.17, 15) is 9.18 Å². The topological polar surface area (TPSA) is 56.8 Å². The Kier molecular flexibility index (Phi) is 3.82. The number of hydrogen-bond acceptors (Lipinski definition) is 5. The molecule has 1 unspecified atom stereocenters. The number of cyclic esters (lactones) is 1. The van der Waals surface area contributed by atoms with E-state index in [1.165, 1.54) is 20.3 Å². The lowest BCUT2D eigenvalue weighted by atomic mass is 10.1. The van der Waals surface area contributed by atoms with Crippen LogP contribution in [-0.2, 0) is 4.74 Å². The first-order chi connectivity index (χ1) is 11.0. The Morgan fingerprint density at radius 3 is 2.65 bits per heavy atom. The van der Waals surface area contributed by atoms with E-state index in [0.29, 0.717) is 17.1 Å². The number of hydrogen-bond donors (Lipinski definition) is 1. The lowest BCUT2D eigenvalue weighted by Gasteiger charge is -2.16. The van der Waals surface area contributed by atoms with Gasteiger partial charge in [-0.15, -0.1) is 0 Å². The van der Waals surface area contributed by atoms with E-state index in [-0.39, 0.29) is 11.3 Å². The number of esters is 1. The van der Waals surface area contributed by atoms with Crippen LogP contribution in [0.1, 0.15) is 27.7 Å². The lowest BCUT2D eigenvalue weighted by molar-refractivity contribution is 0.0434. The van der Waals surface area contributed by atoms with Crippen LogP contribution >= 0.6 is 0 Å². The summed E-state index contributed by atoms with van der Waals surface area (Å²) in [6, 6.07) is 8.07. The Hall–Kier alpha value is -2.76. The highest BCUT2D eigenvalue weighted by Gasteiger charge is 2.36. The number of fused-ring (bicyclic) bond motifs is 1. The molecular formula is C17H16FNO4. The molecule has 1 heterocycles. The van der Waals surface area contributed by atoms with Gasteiger partial charge in [-0.2, -0.15) is 0 Å². The summed E-state index contributed by atoms with van der Waals surface area (Å²) < 4.78 is 29.7. The average molecular weight is 317 g/mol. The van der Waals surface area contributed by atoms with Crippen molar-refractivity contribution < 1.29 is 23.4 Å². The van der Waals surface area contributed by atoms with Crippen LogP contribution in [0.2, 0.25) is 0 Å². The maximum atomic E-state index is 13.9. The first kappa shape index (κ1) is 15.1. The molecule has 6 heteroatoms. The van der Waals surface area contributed by atoms with Gasteiger partial charge in [-0.1, -0.05) is 6.07 Å². The third-order valence-electron chi connectivity index (χ3n) is 3.70. The monoisotopic (exact) mass is 317 g/mol. The fraction of sp³-hybridized carbons (Fsp3) is 0.235. The van der Waals surface area contributed by atoms with E-state index < -0.39 is 18.0 Å². The molecule has 1 aliphatic heterocycles. The first-order valence-corrected chi connectivity index (χ1v) is 7.03. The minimum atomic E-state index is -0.784. The zero-order valence-electron chi connectivity index (χ0n) is 13.0. The summed E-state index contributed by atoms with van der Waals surface area (Å²) >= 11 is 0. The molecule has 0 aliphatic carbocycles. The van der Waals surface area contributed by atoms with E-state index in [4.69, 9.17) is 14.2 Å². The molecule has 2 aromatic carbocycles. The van der Waals surface area contributed by atoms with Crippen molar-refractivity contribution in [1.82, 2.24) is 0 Å². The van der Waals surface area contributed by atoms with Crippen molar-refractivity contribution in [2.45, 2.75) is 13.2 Å². The number of ether oxygens (including phenoxy) is 3. The number of methoxy groups -OCH3 is 2. The van der Waals surface area contributed by atoms with Crippen LogP contribution in [0.15, 0.2) is 30.3 Å². The lowest BCUT2D eigenvalue weighted by Crippen LogP contribution is -2.11. The predicted octanol–water partition coefficient (Wildman–Crippen LogP) is 3.43. The summed E-state index contributed by atoms with van der Waals surface area (Å²) in [5.74, 6) is -0.212. The third-order valence-corrected chi connectivity index (χ3v) is 3.70. The van der Waals surface area contributed by atoms with Crippen LogP contribution in [-0.4, -0.2) is 20.2 Å². The van der Waals surface area contributed by atoms with E-state index >= 15 is 0 Å². The van der Waals surface area contributed by atoms with Gasteiger partial charge in [-0.05, 0) is 36.8 Å². The molecule has 120 valence electrons. The maximum absolute atomic E-state index is 13.9. The van der Waals surface area contributed by atoms with Crippen LogP contribution in [0.25, 0.3) is 0 Å². The van der Waals surface area contributed by atoms with E-state index in [1.807, 2.05) is 6.92 Å². The Labute approximate surface area is 133 Å². The zero-order valence-corrected chi connectivity index (χ0v) is 13.0. The zero-order chi connectivity index (χ0) is 16.6. The van der Waals surface area contributed by atoms with Crippen molar-refractivity contribution in [1.29, 1.82) is 0 Å². The molecule has 1 N–H and O–H groups in total. The average Bonchev–Trinajstić information content (AvgIpc) is 2.86. The minimum Gasteiger partial charge on any atom is -0.493 e. The van der Waals surface area contributed by atoms with Gasteiger partial charge in [0.2, 0.25) is 6.23 Å². The fourth-order valence-corrected chi connectivity index (χ4v) is 2.60. The van der Waals surface area contributed by atoms with Gasteiger partial charge in [-0.3, -0.25) is 0 Å². The van der Waals surface area contributed by atoms with Gasteiger partial charge in [0.05, 0.1) is 19.9 Å². The summed E-state index contributed by atoms with van der Waals surface area (Å²) in [5.41, 5.74) is 2.03. The summed E-state index contributed by atoms with van der Waals surface area (Å²) in [7, 11) is 2.94. The summed E-state index contributed by atoms with van der Waals surface area (Å²) in [5, 5.41) is 2.91. The molecule has 3 rings (SSSR count). The molecule has 0 saturated carbocycles. The molecule has 0 amide bonds. The molecule has 0 fully saturated rings. The van der Waals surface area contributed by atoms with E-state index in [2.05, 4.69) is 5.32 Å². The molecule has 2 aromatic rings. The highest BCUT2D eigenvalue weighted by atomic mass is 19.1. The molecule has 23 heavy (non-hydrogen) atoms. The number of rotatable bonds is 4. The number of anilines is 1. The number of carbonyl (C=O) groups is 1. The first-order valence-electron chi connectivity index (χ1n) is 7.03. The van der Waals surface area contributed by atoms with Crippen molar-refractivity contribution in [3.05, 3.63) is 52.8 Å². The van der Waals surface area contributed by atoms with Crippen molar-refractivity contribution in [3.63, 3.8) is 0 Å². The van der Waals surface area contributed by atoms with Gasteiger partial charge in [0.25, 0.3) is 0 Å². The number of benzene rings is 2. The van der Waals surface area contributed by atoms with Gasteiger partial charge in [0.1, 0.15) is 11.4 Å². The maximum Gasteiger partial charge on any atom is 0.344 e. The molecule has 5 nitrogen and oxygen atoms in total. The van der Waals surface area contributed by atoms with Crippen LogP contribution in [0.3, 0.4) is 0 Å². The van der Waals surface area contributed by atoms with Crippen LogP contribution in [0.4, 0.5) is 10.1 Å². The molecule has 1 atom stereocenters. The van der Waals surface area contributed by atoms with Crippen molar-refractivity contribution in [2.24, 2.45) is 0 Å². The van der Waals surface area contributed by atoms with Crippen LogP contribution < -0.4 is 14.8 Å². The van der Waals surface area contributed by atoms with E-state index in [0.717, 1.165) is 5.56 Å². The molecular weight excluding hydrogens is 301 g/mol. The molecule has 0 bridgehead atoms. The second-order valence-electron chi connectivity index (χ2n) is 5.18. The normalized spacial score (nSPS) is 15.8. The fourth-order valence-electron chi connectivity index (χ4n) is 2.60. The van der Waals surface area contributed by atoms with Crippen molar-refractivity contribution >= 4 is 11.7 Å². The standard InChI is InChI=1S/C17H16FNO4/c1-9-4-6-11(18)12(8-9)19-16-10-5-7-13(21-2)15(22-3)14(10)17(20)23-16/h4-8,16,19H,1-3H3. The smallest absolute Gasteiger partial charge is 0.344 e. The van der Waals surface area contributed by atoms with Gasteiger partial charge >= 0.3 is 5.97 Å². The number of halogens is 1. The third kappa shape index (κ3) is 2.56. The highest BCUT2D eigenvalue weighted by Crippen LogP contribution is 2.42. The Balaban J connectivity index is 2.00. The summed E-state index contributed by atoms with van der Waals surface area (Å²) in [6.07, 6.45) is -0.784.